The average molecular weight is 677 g/mol. The number of amides is 2. The Kier molecular flexibility index (Phi) is 15.9. The highest BCUT2D eigenvalue weighted by Gasteiger charge is 2.27. The zero-order valence-corrected chi connectivity index (χ0v) is 26.7. The van der Waals surface area contributed by atoms with E-state index in [-0.39, 0.29) is 36.4 Å². The number of aromatic nitrogens is 1. The molecule has 0 N–H and O–H groups in total. The van der Waals surface area contributed by atoms with E-state index in [1.54, 1.807) is 42.5 Å². The van der Waals surface area contributed by atoms with Crippen molar-refractivity contribution in [3.8, 4) is 5.75 Å². The van der Waals surface area contributed by atoms with E-state index in [9.17, 15) is 9.59 Å². The minimum Gasteiger partial charge on any atom is -1.00 e. The fraction of sp³-hybridized carbons (Fsp3) is 0.424. The van der Waals surface area contributed by atoms with Gasteiger partial charge in [0, 0.05) is 23.3 Å². The van der Waals surface area contributed by atoms with E-state index in [1.165, 1.54) is 56.3 Å². The van der Waals surface area contributed by atoms with E-state index in [0.29, 0.717) is 28.5 Å². The fourth-order valence-electron chi connectivity index (χ4n) is 4.54. The van der Waals surface area contributed by atoms with Gasteiger partial charge in [0.05, 0.1) is 11.6 Å². The van der Waals surface area contributed by atoms with Crippen LogP contribution >= 0.6 is 11.6 Å². The lowest BCUT2D eigenvalue weighted by molar-refractivity contribution is -0.679. The molecular formula is C33H42ClIN2O3. The number of hydrogen-bond donors (Lipinski definition) is 0. The minimum absolute atomic E-state index is 0. The third kappa shape index (κ3) is 10.8. The maximum Gasteiger partial charge on any atom is 0.261 e. The standard InChI is InChI=1S/C33H42ClN2O3.HI/c1-3-4-5-6-7-8-9-10-11-17-24-39-31-22-21-28(25-30(31)34)33(38)36(26-29-20-15-16-23-35(29)2)32(37)27-18-13-12-14-19-27;/h12-16,18-23,25H,3-11,17,24,26H2,1-2H3;1H/q+1;/p-1. The van der Waals surface area contributed by atoms with E-state index >= 15 is 0 Å². The zero-order chi connectivity index (χ0) is 27.9. The molecule has 0 fully saturated rings. The number of hydrogen-bond acceptors (Lipinski definition) is 3. The van der Waals surface area contributed by atoms with Gasteiger partial charge in [0.1, 0.15) is 19.3 Å². The molecule has 0 saturated carbocycles. The Morgan fingerprint density at radius 3 is 2.00 bits per heavy atom. The predicted octanol–water partition coefficient (Wildman–Crippen LogP) is 4.95. The first-order chi connectivity index (χ1) is 19.0. The second kappa shape index (κ2) is 18.8. The van der Waals surface area contributed by atoms with E-state index in [2.05, 4.69) is 6.92 Å². The third-order valence-corrected chi connectivity index (χ3v) is 7.22. The molecule has 0 saturated heterocycles. The Bertz CT molecular complexity index is 1190. The summed E-state index contributed by atoms with van der Waals surface area (Å²) in [5.41, 5.74) is 1.62. The molecule has 7 heteroatoms. The SMILES string of the molecule is CCCCCCCCCCCCOc1ccc(C(=O)N(Cc2cccc[n+]2C)C(=O)c2ccccc2)cc1Cl.[I-]. The van der Waals surface area contributed by atoms with Gasteiger partial charge in [-0.3, -0.25) is 14.5 Å². The van der Waals surface area contributed by atoms with Crippen LogP contribution in [0.5, 0.6) is 5.75 Å². The number of unbranched alkanes of at least 4 members (excludes halogenated alkanes) is 9. The molecule has 0 aliphatic heterocycles. The van der Waals surface area contributed by atoms with Crippen molar-refractivity contribution in [3.63, 3.8) is 0 Å². The topological polar surface area (TPSA) is 50.5 Å². The lowest BCUT2D eigenvalue weighted by Crippen LogP contribution is -3.00. The van der Waals surface area contributed by atoms with Gasteiger partial charge in [-0.1, -0.05) is 101 Å². The van der Waals surface area contributed by atoms with Crippen molar-refractivity contribution in [3.05, 3.63) is 94.8 Å². The summed E-state index contributed by atoms with van der Waals surface area (Å²) in [6, 6.07) is 19.5. The Balaban J connectivity index is 0.00000560. The maximum absolute atomic E-state index is 13.6. The van der Waals surface area contributed by atoms with Crippen LogP contribution < -0.4 is 33.3 Å². The summed E-state index contributed by atoms with van der Waals surface area (Å²) in [7, 11) is 1.89. The molecule has 0 aliphatic rings. The number of halogens is 2. The van der Waals surface area contributed by atoms with Crippen LogP contribution in [0.1, 0.15) is 97.5 Å². The number of nitrogens with zero attached hydrogens (tertiary/aromatic N) is 2. The lowest BCUT2D eigenvalue weighted by Gasteiger charge is -2.20. The number of carbonyl (C=O) groups is 2. The largest absolute Gasteiger partial charge is 1.00 e. The summed E-state index contributed by atoms with van der Waals surface area (Å²) in [5, 5.41) is 0.366. The Hall–Kier alpha value is -2.45. The molecule has 216 valence electrons. The molecule has 0 bridgehead atoms. The van der Waals surface area contributed by atoms with Crippen LogP contribution in [0.3, 0.4) is 0 Å². The van der Waals surface area contributed by atoms with E-state index in [0.717, 1.165) is 18.5 Å². The molecule has 0 radical (unpaired) electrons. The van der Waals surface area contributed by atoms with Gasteiger partial charge in [-0.25, -0.2) is 4.57 Å². The van der Waals surface area contributed by atoms with Gasteiger partial charge >= 0.3 is 0 Å². The van der Waals surface area contributed by atoms with Gasteiger partial charge < -0.3 is 28.7 Å². The van der Waals surface area contributed by atoms with Gasteiger partial charge in [-0.05, 0) is 36.8 Å². The first kappa shape index (κ1) is 33.8. The molecule has 3 aromatic rings. The predicted molar refractivity (Wildman–Crippen MR) is 157 cm³/mol. The lowest BCUT2D eigenvalue weighted by atomic mass is 10.1. The summed E-state index contributed by atoms with van der Waals surface area (Å²) in [5.74, 6) is -0.211. The quantitative estimate of drug-likeness (QED) is 0.0935. The van der Waals surface area contributed by atoms with Crippen molar-refractivity contribution in [2.24, 2.45) is 7.05 Å². The van der Waals surface area contributed by atoms with Crippen molar-refractivity contribution < 1.29 is 42.9 Å². The zero-order valence-electron chi connectivity index (χ0n) is 23.8. The molecule has 3 rings (SSSR count). The van der Waals surface area contributed by atoms with E-state index in [4.69, 9.17) is 16.3 Å². The minimum atomic E-state index is -0.407. The van der Waals surface area contributed by atoms with Gasteiger partial charge in [-0.2, -0.15) is 0 Å². The van der Waals surface area contributed by atoms with Crippen molar-refractivity contribution >= 4 is 23.4 Å². The van der Waals surface area contributed by atoms with Crippen molar-refractivity contribution in [2.45, 2.75) is 77.7 Å². The highest BCUT2D eigenvalue weighted by atomic mass is 127. The van der Waals surface area contributed by atoms with Crippen LogP contribution in [0.15, 0.2) is 72.9 Å². The third-order valence-electron chi connectivity index (χ3n) is 6.93. The number of pyridine rings is 1. The molecular weight excluding hydrogens is 635 g/mol. The Morgan fingerprint density at radius 1 is 0.775 bits per heavy atom. The van der Waals surface area contributed by atoms with Gasteiger partial charge in [0.25, 0.3) is 11.8 Å². The van der Waals surface area contributed by atoms with Crippen molar-refractivity contribution in [1.82, 2.24) is 4.90 Å². The normalized spacial score (nSPS) is 10.6. The number of imide groups is 1. The van der Waals surface area contributed by atoms with Crippen LogP contribution in [-0.2, 0) is 13.6 Å². The number of ether oxygens (including phenoxy) is 1. The van der Waals surface area contributed by atoms with E-state index in [1.807, 2.05) is 42.1 Å². The number of rotatable bonds is 16. The number of benzene rings is 2. The van der Waals surface area contributed by atoms with Crippen LogP contribution in [0.4, 0.5) is 0 Å². The monoisotopic (exact) mass is 676 g/mol. The molecule has 40 heavy (non-hydrogen) atoms. The maximum atomic E-state index is 13.6. The highest BCUT2D eigenvalue weighted by Crippen LogP contribution is 2.27. The summed E-state index contributed by atoms with van der Waals surface area (Å²) in [6.45, 7) is 2.98. The summed E-state index contributed by atoms with van der Waals surface area (Å²) >= 11 is 6.51. The molecule has 1 aromatic heterocycles. The van der Waals surface area contributed by atoms with Crippen LogP contribution in [0.25, 0.3) is 0 Å². The molecule has 0 aliphatic carbocycles. The number of carbonyl (C=O) groups excluding carboxylic acids is 2. The van der Waals surface area contributed by atoms with Crippen molar-refractivity contribution in [2.75, 3.05) is 6.61 Å². The molecule has 5 nitrogen and oxygen atoms in total. The first-order valence-corrected chi connectivity index (χ1v) is 14.7. The van der Waals surface area contributed by atoms with E-state index < -0.39 is 5.91 Å². The highest BCUT2D eigenvalue weighted by molar-refractivity contribution is 6.32. The van der Waals surface area contributed by atoms with Gasteiger partial charge in [-0.15, -0.1) is 0 Å². The molecule has 0 spiro atoms. The van der Waals surface area contributed by atoms with Crippen LogP contribution in [-0.4, -0.2) is 23.3 Å². The second-order valence-corrected chi connectivity index (χ2v) is 10.4. The average Bonchev–Trinajstić information content (AvgIpc) is 2.96. The Morgan fingerprint density at radius 2 is 1.38 bits per heavy atom. The summed E-state index contributed by atoms with van der Waals surface area (Å²) in [4.78, 5) is 28.3. The molecule has 2 amide bonds. The van der Waals surface area contributed by atoms with Crippen LogP contribution in [0, 0.1) is 0 Å². The molecule has 2 aromatic carbocycles. The smallest absolute Gasteiger partial charge is 0.261 e. The second-order valence-electron chi connectivity index (χ2n) is 10.0. The van der Waals surface area contributed by atoms with Crippen LogP contribution in [0.2, 0.25) is 5.02 Å². The molecule has 1 heterocycles. The Labute approximate surface area is 261 Å². The molecule has 0 unspecified atom stereocenters. The summed E-state index contributed by atoms with van der Waals surface area (Å²) in [6.07, 6.45) is 14.5. The van der Waals surface area contributed by atoms with Gasteiger partial charge in [0.2, 0.25) is 5.69 Å². The molecule has 0 atom stereocenters. The fourth-order valence-corrected chi connectivity index (χ4v) is 4.77. The van der Waals surface area contributed by atoms with Gasteiger partial charge in [0.15, 0.2) is 6.20 Å². The number of aryl methyl sites for hydroxylation is 1. The first-order valence-electron chi connectivity index (χ1n) is 14.3. The van der Waals surface area contributed by atoms with Crippen molar-refractivity contribution in [1.29, 1.82) is 0 Å². The summed E-state index contributed by atoms with van der Waals surface area (Å²) < 4.78 is 7.80.